The maximum atomic E-state index is 12.1. The third kappa shape index (κ3) is 3.31. The standard InChI is InChI=1S/C14H21N3O/c1-16(13-8-15-9-13)11-14(18)17(2)10-12-6-4-3-5-7-12/h3-7,13,15H,8-11H2,1-2H3. The highest BCUT2D eigenvalue weighted by atomic mass is 16.2. The van der Waals surface area contributed by atoms with Gasteiger partial charge in [-0.2, -0.15) is 0 Å². The lowest BCUT2D eigenvalue weighted by Crippen LogP contribution is -2.57. The summed E-state index contributed by atoms with van der Waals surface area (Å²) in [5, 5.41) is 3.22. The first-order valence-electron chi connectivity index (χ1n) is 6.35. The number of amides is 1. The Bertz CT molecular complexity index is 389. The van der Waals surface area contributed by atoms with Gasteiger partial charge in [0.05, 0.1) is 6.54 Å². The molecule has 2 rings (SSSR count). The minimum Gasteiger partial charge on any atom is -0.340 e. The molecule has 1 heterocycles. The number of carbonyl (C=O) groups excluding carboxylic acids is 1. The zero-order chi connectivity index (χ0) is 13.0. The van der Waals surface area contributed by atoms with Crippen molar-refractivity contribution in [3.63, 3.8) is 0 Å². The van der Waals surface area contributed by atoms with Crippen molar-refractivity contribution in [2.24, 2.45) is 0 Å². The zero-order valence-corrected chi connectivity index (χ0v) is 11.1. The highest BCUT2D eigenvalue weighted by molar-refractivity contribution is 5.78. The van der Waals surface area contributed by atoms with E-state index < -0.39 is 0 Å². The summed E-state index contributed by atoms with van der Waals surface area (Å²) in [6.07, 6.45) is 0. The van der Waals surface area contributed by atoms with Crippen LogP contribution in [0, 0.1) is 0 Å². The SMILES string of the molecule is CN(Cc1ccccc1)C(=O)CN(C)C1CNC1. The van der Waals surface area contributed by atoms with Crippen LogP contribution in [0.1, 0.15) is 5.56 Å². The number of nitrogens with zero attached hydrogens (tertiary/aromatic N) is 2. The van der Waals surface area contributed by atoms with Crippen molar-refractivity contribution in [1.29, 1.82) is 0 Å². The van der Waals surface area contributed by atoms with Gasteiger partial charge in [0.25, 0.3) is 0 Å². The van der Waals surface area contributed by atoms with Crippen LogP contribution >= 0.6 is 0 Å². The first-order chi connectivity index (χ1) is 8.66. The minimum atomic E-state index is 0.174. The molecule has 1 aliphatic rings. The van der Waals surface area contributed by atoms with Crippen molar-refractivity contribution in [1.82, 2.24) is 15.1 Å². The van der Waals surface area contributed by atoms with Gasteiger partial charge in [-0.05, 0) is 12.6 Å². The summed E-state index contributed by atoms with van der Waals surface area (Å²) >= 11 is 0. The van der Waals surface area contributed by atoms with Crippen LogP contribution in [-0.4, -0.2) is 55.5 Å². The Labute approximate surface area is 109 Å². The Balaban J connectivity index is 1.81. The first kappa shape index (κ1) is 13.1. The van der Waals surface area contributed by atoms with Crippen LogP contribution < -0.4 is 5.32 Å². The fraction of sp³-hybridized carbons (Fsp3) is 0.500. The Morgan fingerprint density at radius 2 is 1.94 bits per heavy atom. The average molecular weight is 247 g/mol. The van der Waals surface area contributed by atoms with Gasteiger partial charge in [-0.15, -0.1) is 0 Å². The molecule has 0 bridgehead atoms. The van der Waals surface area contributed by atoms with E-state index >= 15 is 0 Å². The first-order valence-corrected chi connectivity index (χ1v) is 6.35. The molecule has 1 N–H and O–H groups in total. The number of rotatable bonds is 5. The van der Waals surface area contributed by atoms with Crippen LogP contribution in [0.3, 0.4) is 0 Å². The molecule has 1 aliphatic heterocycles. The van der Waals surface area contributed by atoms with E-state index in [1.54, 1.807) is 4.90 Å². The summed E-state index contributed by atoms with van der Waals surface area (Å²) < 4.78 is 0. The van der Waals surface area contributed by atoms with Gasteiger partial charge < -0.3 is 10.2 Å². The third-order valence-electron chi connectivity index (χ3n) is 3.46. The van der Waals surface area contributed by atoms with E-state index in [9.17, 15) is 4.79 Å². The molecule has 1 fully saturated rings. The maximum Gasteiger partial charge on any atom is 0.236 e. The zero-order valence-electron chi connectivity index (χ0n) is 11.1. The molecule has 0 aliphatic carbocycles. The second kappa shape index (κ2) is 5.98. The van der Waals surface area contributed by atoms with Gasteiger partial charge in [0.1, 0.15) is 0 Å². The molecule has 4 nitrogen and oxygen atoms in total. The molecule has 1 aromatic rings. The summed E-state index contributed by atoms with van der Waals surface area (Å²) in [7, 11) is 3.88. The normalized spacial score (nSPS) is 15.5. The van der Waals surface area contributed by atoms with E-state index in [1.807, 2.05) is 44.4 Å². The second-order valence-electron chi connectivity index (χ2n) is 4.96. The lowest BCUT2D eigenvalue weighted by Gasteiger charge is -2.35. The van der Waals surface area contributed by atoms with Gasteiger partial charge in [0.2, 0.25) is 5.91 Å². The molecule has 0 atom stereocenters. The number of hydrogen-bond donors (Lipinski definition) is 1. The number of hydrogen-bond acceptors (Lipinski definition) is 3. The van der Waals surface area contributed by atoms with Crippen molar-refractivity contribution >= 4 is 5.91 Å². The van der Waals surface area contributed by atoms with Gasteiger partial charge in [0, 0.05) is 32.7 Å². The van der Waals surface area contributed by atoms with E-state index in [-0.39, 0.29) is 5.91 Å². The van der Waals surface area contributed by atoms with Crippen LogP contribution in [0.15, 0.2) is 30.3 Å². The molecule has 0 spiro atoms. The van der Waals surface area contributed by atoms with Crippen LogP contribution in [-0.2, 0) is 11.3 Å². The van der Waals surface area contributed by atoms with Crippen molar-refractivity contribution < 1.29 is 4.79 Å². The molecule has 0 radical (unpaired) electrons. The largest absolute Gasteiger partial charge is 0.340 e. The lowest BCUT2D eigenvalue weighted by atomic mass is 10.1. The van der Waals surface area contributed by atoms with Crippen LogP contribution in [0.2, 0.25) is 0 Å². The van der Waals surface area contributed by atoms with E-state index in [4.69, 9.17) is 0 Å². The third-order valence-corrected chi connectivity index (χ3v) is 3.46. The minimum absolute atomic E-state index is 0.174. The van der Waals surface area contributed by atoms with Crippen molar-refractivity contribution in [2.75, 3.05) is 33.7 Å². The van der Waals surface area contributed by atoms with Gasteiger partial charge >= 0.3 is 0 Å². The van der Waals surface area contributed by atoms with Gasteiger partial charge in [-0.3, -0.25) is 9.69 Å². The van der Waals surface area contributed by atoms with E-state index in [1.165, 1.54) is 5.56 Å². The molecular formula is C14H21N3O. The predicted molar refractivity (Wildman–Crippen MR) is 72.2 cm³/mol. The molecule has 1 saturated heterocycles. The van der Waals surface area contributed by atoms with Gasteiger partial charge in [-0.25, -0.2) is 0 Å². The van der Waals surface area contributed by atoms with Crippen molar-refractivity contribution in [3.8, 4) is 0 Å². The summed E-state index contributed by atoms with van der Waals surface area (Å²) in [5.41, 5.74) is 1.17. The smallest absolute Gasteiger partial charge is 0.236 e. The average Bonchev–Trinajstić information content (AvgIpc) is 2.27. The summed E-state index contributed by atoms with van der Waals surface area (Å²) in [5.74, 6) is 0.174. The Hall–Kier alpha value is -1.39. The van der Waals surface area contributed by atoms with E-state index in [2.05, 4.69) is 10.2 Å². The predicted octanol–water partition coefficient (Wildman–Crippen LogP) is 0.549. The van der Waals surface area contributed by atoms with Gasteiger partial charge in [0.15, 0.2) is 0 Å². The quantitative estimate of drug-likeness (QED) is 0.825. The Morgan fingerprint density at radius 1 is 1.28 bits per heavy atom. The monoisotopic (exact) mass is 247 g/mol. The molecule has 0 aromatic heterocycles. The maximum absolute atomic E-state index is 12.1. The summed E-state index contributed by atoms with van der Waals surface area (Å²) in [4.78, 5) is 16.0. The lowest BCUT2D eigenvalue weighted by molar-refractivity contribution is -0.132. The Kier molecular flexibility index (Phi) is 4.33. The molecule has 0 saturated carbocycles. The molecule has 98 valence electrons. The number of benzene rings is 1. The molecule has 1 aromatic carbocycles. The molecule has 0 unspecified atom stereocenters. The number of nitrogens with one attached hydrogen (secondary N) is 1. The topological polar surface area (TPSA) is 35.6 Å². The molecular weight excluding hydrogens is 226 g/mol. The van der Waals surface area contributed by atoms with Crippen LogP contribution in [0.25, 0.3) is 0 Å². The number of carbonyl (C=O) groups is 1. The van der Waals surface area contributed by atoms with E-state index in [0.29, 0.717) is 19.1 Å². The highest BCUT2D eigenvalue weighted by Crippen LogP contribution is 2.05. The van der Waals surface area contributed by atoms with Crippen molar-refractivity contribution in [2.45, 2.75) is 12.6 Å². The summed E-state index contributed by atoms with van der Waals surface area (Å²) in [6, 6.07) is 10.6. The van der Waals surface area contributed by atoms with Gasteiger partial charge in [-0.1, -0.05) is 30.3 Å². The highest BCUT2D eigenvalue weighted by Gasteiger charge is 2.23. The fourth-order valence-electron chi connectivity index (χ4n) is 1.99. The second-order valence-corrected chi connectivity index (χ2v) is 4.96. The molecule has 18 heavy (non-hydrogen) atoms. The van der Waals surface area contributed by atoms with Crippen LogP contribution in [0.4, 0.5) is 0 Å². The van der Waals surface area contributed by atoms with Crippen LogP contribution in [0.5, 0.6) is 0 Å². The van der Waals surface area contributed by atoms with Crippen molar-refractivity contribution in [3.05, 3.63) is 35.9 Å². The Morgan fingerprint density at radius 3 is 2.50 bits per heavy atom. The van der Waals surface area contributed by atoms with E-state index in [0.717, 1.165) is 13.1 Å². The number of likely N-dealkylation sites (N-methyl/N-ethyl adjacent to an activating group) is 2. The summed E-state index contributed by atoms with van der Waals surface area (Å²) in [6.45, 7) is 3.16. The molecule has 1 amide bonds. The molecule has 4 heteroatoms. The fourth-order valence-corrected chi connectivity index (χ4v) is 1.99.